The van der Waals surface area contributed by atoms with Crippen LogP contribution in [0.25, 0.3) is 0 Å². The molecule has 8 heteroatoms. The number of hydrogen-bond acceptors (Lipinski definition) is 4. The quantitative estimate of drug-likeness (QED) is 0.808. The number of aryl methyl sites for hydroxylation is 1. The number of alkyl halides is 3. The molecule has 0 saturated heterocycles. The Balaban J connectivity index is 1.95. The van der Waals surface area contributed by atoms with Gasteiger partial charge < -0.3 is 5.32 Å². The monoisotopic (exact) mass is 376 g/mol. The van der Waals surface area contributed by atoms with Crippen molar-refractivity contribution in [1.29, 1.82) is 0 Å². The van der Waals surface area contributed by atoms with Crippen LogP contribution in [0.15, 0.2) is 35.5 Å². The lowest BCUT2D eigenvalue weighted by Gasteiger charge is -2.38. The van der Waals surface area contributed by atoms with E-state index in [1.807, 2.05) is 45.0 Å². The molecule has 4 rings (SSSR count). The molecule has 5 nitrogen and oxygen atoms in total. The largest absolute Gasteiger partial charge is 0.453 e. The van der Waals surface area contributed by atoms with Gasteiger partial charge in [0.05, 0.1) is 0 Å². The molecule has 0 amide bonds. The number of allylic oxidation sites excluding steroid dienone is 2. The number of hydrogen-bond donors (Lipinski definition) is 1. The van der Waals surface area contributed by atoms with Crippen molar-refractivity contribution >= 4 is 11.7 Å². The molecule has 2 aliphatic rings. The summed E-state index contributed by atoms with van der Waals surface area (Å²) >= 11 is 0. The summed E-state index contributed by atoms with van der Waals surface area (Å²) in [5.74, 6) is -1.27. The molecule has 2 heterocycles. The van der Waals surface area contributed by atoms with Crippen LogP contribution in [0.2, 0.25) is 0 Å². The maximum Gasteiger partial charge on any atom is 0.453 e. The Kier molecular flexibility index (Phi) is 3.73. The van der Waals surface area contributed by atoms with Crippen molar-refractivity contribution in [3.05, 3.63) is 52.5 Å². The highest BCUT2D eigenvalue weighted by Gasteiger charge is 2.44. The van der Waals surface area contributed by atoms with Gasteiger partial charge in [0.1, 0.15) is 6.04 Å². The Hall–Kier alpha value is -2.64. The average Bonchev–Trinajstić information content (AvgIpc) is 2.96. The molecule has 0 bridgehead atoms. The number of anilines is 1. The highest BCUT2D eigenvalue weighted by Crippen LogP contribution is 2.46. The zero-order valence-electron chi connectivity index (χ0n) is 15.2. The molecule has 0 radical (unpaired) electrons. The zero-order chi connectivity index (χ0) is 19.6. The highest BCUT2D eigenvalue weighted by atomic mass is 19.4. The van der Waals surface area contributed by atoms with Crippen LogP contribution in [0.4, 0.5) is 19.1 Å². The van der Waals surface area contributed by atoms with Crippen molar-refractivity contribution in [3.63, 3.8) is 0 Å². The van der Waals surface area contributed by atoms with Crippen LogP contribution in [0.3, 0.4) is 0 Å². The molecule has 1 aliphatic carbocycles. The van der Waals surface area contributed by atoms with E-state index in [2.05, 4.69) is 15.4 Å². The third-order valence-electron chi connectivity index (χ3n) is 5.07. The molecule has 0 saturated carbocycles. The predicted molar refractivity (Wildman–Crippen MR) is 93.0 cm³/mol. The maximum atomic E-state index is 13.2. The first-order valence-electron chi connectivity index (χ1n) is 8.69. The second-order valence-electron chi connectivity index (χ2n) is 7.92. The van der Waals surface area contributed by atoms with Crippen molar-refractivity contribution in [2.75, 3.05) is 5.32 Å². The van der Waals surface area contributed by atoms with Crippen LogP contribution in [-0.2, 0) is 11.0 Å². The zero-order valence-corrected chi connectivity index (χ0v) is 15.2. The number of aromatic nitrogens is 3. The van der Waals surface area contributed by atoms with Gasteiger partial charge in [0.2, 0.25) is 5.95 Å². The van der Waals surface area contributed by atoms with Gasteiger partial charge in [-0.25, -0.2) is 4.68 Å². The number of nitrogens with one attached hydrogen (secondary N) is 1. The molecule has 27 heavy (non-hydrogen) atoms. The van der Waals surface area contributed by atoms with Gasteiger partial charge in [-0.3, -0.25) is 4.79 Å². The minimum absolute atomic E-state index is 0.0137. The molecule has 2 aromatic rings. The van der Waals surface area contributed by atoms with Crippen molar-refractivity contribution in [2.45, 2.75) is 45.8 Å². The van der Waals surface area contributed by atoms with Gasteiger partial charge in [0.25, 0.3) is 5.82 Å². The van der Waals surface area contributed by atoms with Gasteiger partial charge in [0.15, 0.2) is 5.78 Å². The van der Waals surface area contributed by atoms with Gasteiger partial charge in [-0.05, 0) is 29.9 Å². The number of carbonyl (C=O) groups is 1. The maximum absolute atomic E-state index is 13.2. The topological polar surface area (TPSA) is 59.8 Å². The summed E-state index contributed by atoms with van der Waals surface area (Å²) in [5.41, 5.74) is 2.48. The van der Waals surface area contributed by atoms with E-state index in [1.165, 1.54) is 4.68 Å². The molecule has 1 atom stereocenters. The molecule has 1 aliphatic heterocycles. The van der Waals surface area contributed by atoms with E-state index in [0.717, 1.165) is 11.1 Å². The third-order valence-corrected chi connectivity index (χ3v) is 5.07. The van der Waals surface area contributed by atoms with E-state index >= 15 is 0 Å². The van der Waals surface area contributed by atoms with Crippen molar-refractivity contribution < 1.29 is 18.0 Å². The van der Waals surface area contributed by atoms with E-state index in [0.29, 0.717) is 24.1 Å². The summed E-state index contributed by atoms with van der Waals surface area (Å²) in [6.45, 7) is 5.81. The predicted octanol–water partition coefficient (Wildman–Crippen LogP) is 4.26. The van der Waals surface area contributed by atoms with Crippen LogP contribution in [0.5, 0.6) is 0 Å². The summed E-state index contributed by atoms with van der Waals surface area (Å²) in [6, 6.07) is 6.63. The fourth-order valence-corrected chi connectivity index (χ4v) is 3.91. The van der Waals surface area contributed by atoms with E-state index in [9.17, 15) is 18.0 Å². The number of Topliss-reactive ketones (excluding diaryl/α,β-unsaturated/α-hetero) is 1. The van der Waals surface area contributed by atoms with Gasteiger partial charge in [-0.2, -0.15) is 18.2 Å². The molecule has 1 aromatic carbocycles. The summed E-state index contributed by atoms with van der Waals surface area (Å²) in [7, 11) is 0. The Morgan fingerprint density at radius 3 is 2.59 bits per heavy atom. The van der Waals surface area contributed by atoms with E-state index in [-0.39, 0.29) is 17.1 Å². The van der Waals surface area contributed by atoms with Crippen LogP contribution in [-0.4, -0.2) is 20.5 Å². The first kappa shape index (κ1) is 17.8. The number of halogens is 3. The van der Waals surface area contributed by atoms with Crippen molar-refractivity contribution in [3.8, 4) is 0 Å². The Bertz CT molecular complexity index is 972. The molecule has 1 N–H and O–H groups in total. The average molecular weight is 376 g/mol. The van der Waals surface area contributed by atoms with Gasteiger partial charge in [0, 0.05) is 17.7 Å². The molecular formula is C19H19F3N4O. The summed E-state index contributed by atoms with van der Waals surface area (Å²) in [4.78, 5) is 16.6. The fraction of sp³-hybridized carbons (Fsp3) is 0.421. The van der Waals surface area contributed by atoms with Crippen LogP contribution in [0, 0.1) is 12.3 Å². The SMILES string of the molecule is Cc1ccccc1C1C2=C(CC(C)(C)CC2=O)Nc2nc(C(F)(F)F)nn21. The standard InChI is InChI=1S/C19H19F3N4O/c1-10-6-4-5-7-11(10)15-14-12(8-18(2,3)9-13(14)27)23-17-24-16(19(20,21)22)25-26(15)17/h4-7,15H,8-9H2,1-3H3,(H,23,24,25). The molecule has 1 unspecified atom stereocenters. The Labute approximate surface area is 154 Å². The second kappa shape index (κ2) is 5.68. The molecule has 142 valence electrons. The highest BCUT2D eigenvalue weighted by molar-refractivity contribution is 6.00. The Morgan fingerprint density at radius 2 is 1.93 bits per heavy atom. The van der Waals surface area contributed by atoms with Crippen LogP contribution >= 0.6 is 0 Å². The number of rotatable bonds is 1. The summed E-state index contributed by atoms with van der Waals surface area (Å²) in [6.07, 6.45) is -3.76. The molecule has 0 spiro atoms. The summed E-state index contributed by atoms with van der Waals surface area (Å²) in [5, 5.41) is 6.66. The smallest absolute Gasteiger partial charge is 0.328 e. The lowest BCUT2D eigenvalue weighted by Crippen LogP contribution is -2.36. The fourth-order valence-electron chi connectivity index (χ4n) is 3.91. The van der Waals surface area contributed by atoms with Crippen LogP contribution < -0.4 is 5.32 Å². The minimum Gasteiger partial charge on any atom is -0.328 e. The number of fused-ring (bicyclic) bond motifs is 1. The number of carbonyl (C=O) groups excluding carboxylic acids is 1. The lowest BCUT2D eigenvalue weighted by atomic mass is 9.73. The third kappa shape index (κ3) is 2.93. The van der Waals surface area contributed by atoms with Gasteiger partial charge in [-0.1, -0.05) is 38.1 Å². The van der Waals surface area contributed by atoms with E-state index in [1.54, 1.807) is 0 Å². The molecule has 1 aromatic heterocycles. The summed E-state index contributed by atoms with van der Waals surface area (Å²) < 4.78 is 40.8. The van der Waals surface area contributed by atoms with Gasteiger partial charge in [-0.15, -0.1) is 5.10 Å². The Morgan fingerprint density at radius 1 is 1.22 bits per heavy atom. The first-order chi connectivity index (χ1) is 12.6. The first-order valence-corrected chi connectivity index (χ1v) is 8.69. The second-order valence-corrected chi connectivity index (χ2v) is 7.92. The van der Waals surface area contributed by atoms with Crippen LogP contribution in [0.1, 0.15) is 49.7 Å². The number of ketones is 1. The number of benzene rings is 1. The van der Waals surface area contributed by atoms with E-state index in [4.69, 9.17) is 0 Å². The molecule has 0 fully saturated rings. The minimum atomic E-state index is -4.66. The van der Waals surface area contributed by atoms with Gasteiger partial charge >= 0.3 is 6.18 Å². The van der Waals surface area contributed by atoms with E-state index < -0.39 is 18.0 Å². The normalized spacial score (nSPS) is 21.6. The van der Waals surface area contributed by atoms with Crippen molar-refractivity contribution in [1.82, 2.24) is 14.8 Å². The number of nitrogens with zero attached hydrogens (tertiary/aromatic N) is 3. The van der Waals surface area contributed by atoms with Crippen molar-refractivity contribution in [2.24, 2.45) is 5.41 Å². The molecular weight excluding hydrogens is 357 g/mol. The lowest BCUT2D eigenvalue weighted by molar-refractivity contribution is -0.145.